The van der Waals surface area contributed by atoms with Gasteiger partial charge in [-0.2, -0.15) is 0 Å². The Bertz CT molecular complexity index is 6.00. The summed E-state index contributed by atoms with van der Waals surface area (Å²) in [5, 5.41) is 0. The molecule has 0 amide bonds. The second-order valence-corrected chi connectivity index (χ2v) is 0. The van der Waals surface area contributed by atoms with Crippen LogP contribution in [-0.2, 0) is 0 Å². The molecule has 0 fully saturated rings. The monoisotopic (exact) mass is 111 g/mol. The van der Waals surface area contributed by atoms with Crippen LogP contribution < -0.4 is 48.1 Å². The molecule has 0 aromatic heterocycles. The van der Waals surface area contributed by atoms with Gasteiger partial charge in [0.1, 0.15) is 0 Å². The number of halogens is 2. The average Bonchev–Trinajstić information content (AvgIpc) is 0. The minimum atomic E-state index is 0. The van der Waals surface area contributed by atoms with Crippen LogP contribution in [0.3, 0.4) is 0 Å². The van der Waals surface area contributed by atoms with Crippen LogP contribution in [-0.4, -0.2) is 0 Å². The third-order valence-electron chi connectivity index (χ3n) is 0. The van der Waals surface area contributed by atoms with Crippen molar-refractivity contribution in [1.82, 2.24) is 6.15 Å². The molecule has 3 N–H and O–H groups in total. The molecule has 0 atom stereocenters. The number of hydrogen-bond donors (Lipinski definition) is 1. The Morgan fingerprint density at radius 3 is 1.00 bits per heavy atom. The summed E-state index contributed by atoms with van der Waals surface area (Å²) in [5.41, 5.74) is 0. The van der Waals surface area contributed by atoms with Gasteiger partial charge < -0.3 is 18.6 Å². The summed E-state index contributed by atoms with van der Waals surface area (Å²) in [5.74, 6) is 0. The zero-order valence-electron chi connectivity index (χ0n) is 2.49. The van der Waals surface area contributed by atoms with Gasteiger partial charge in [-0.25, -0.2) is 0 Å². The van der Waals surface area contributed by atoms with Gasteiger partial charge in [0.2, 0.25) is 0 Å². The molecule has 0 heterocycles. The molecule has 0 rings (SSSR count). The first-order valence-corrected chi connectivity index (χ1v) is 0. The first-order chi connectivity index (χ1) is 0. The van der Waals surface area contributed by atoms with E-state index in [9.17, 15) is 0 Å². The van der Waals surface area contributed by atoms with Crippen LogP contribution in [0.5, 0.6) is 0 Å². The van der Waals surface area contributed by atoms with E-state index in [2.05, 4.69) is 0 Å². The number of rotatable bonds is 0. The molecule has 1 nitrogen and oxygen atoms in total. The van der Waals surface area contributed by atoms with Crippen LogP contribution in [0.2, 0.25) is 0 Å². The van der Waals surface area contributed by atoms with Gasteiger partial charge in [0.05, 0.1) is 0 Å². The van der Waals surface area contributed by atoms with E-state index in [4.69, 9.17) is 0 Å². The summed E-state index contributed by atoms with van der Waals surface area (Å²) in [6.07, 6.45) is 0. The predicted molar refractivity (Wildman–Crippen MR) is 12.3 cm³/mol. The molecule has 4 heavy (non-hydrogen) atoms. The van der Waals surface area contributed by atoms with Gasteiger partial charge >= 0.3 is 29.6 Å². The molecule has 0 saturated heterocycles. The fourth-order valence-electron chi connectivity index (χ4n) is 0. The molecule has 0 spiro atoms. The van der Waals surface area contributed by atoms with Gasteiger partial charge in [-0.05, 0) is 0 Å². The van der Waals surface area contributed by atoms with E-state index in [0.29, 0.717) is 0 Å². The molecular weight excluding hydrogens is 108 g/mol. The fraction of sp³-hybridized carbons (Fsp3) is 0. The van der Waals surface area contributed by atoms with Crippen LogP contribution in [0.25, 0.3) is 0 Å². The second kappa shape index (κ2) is 24.0. The van der Waals surface area contributed by atoms with Crippen molar-refractivity contribution in [2.24, 2.45) is 0 Å². The fourth-order valence-corrected chi connectivity index (χ4v) is 0. The van der Waals surface area contributed by atoms with Gasteiger partial charge in [-0.3, -0.25) is 0 Å². The standard InChI is InChI=1S/2ClH.H3N.Na/h2*1H;1H3;/q;;;+1/p-1. The Labute approximate surface area is 60.2 Å². The third kappa shape index (κ3) is 9.63. The van der Waals surface area contributed by atoms with E-state index >= 15 is 0 Å². The normalized spacial score (nSPS) is 0. The molecule has 0 aliphatic carbocycles. The van der Waals surface area contributed by atoms with Crippen LogP contribution in [0.15, 0.2) is 0 Å². The average molecular weight is 112 g/mol. The van der Waals surface area contributed by atoms with Gasteiger partial charge in [-0.1, -0.05) is 0 Å². The zero-order valence-corrected chi connectivity index (χ0v) is 6.07. The summed E-state index contributed by atoms with van der Waals surface area (Å²) >= 11 is 0. The van der Waals surface area contributed by atoms with Gasteiger partial charge in [0, 0.05) is 0 Å². The van der Waals surface area contributed by atoms with Crippen LogP contribution in [0.4, 0.5) is 0 Å². The van der Waals surface area contributed by atoms with E-state index < -0.39 is 0 Å². The first-order valence-electron chi connectivity index (χ1n) is 0. The summed E-state index contributed by atoms with van der Waals surface area (Å²) in [6.45, 7) is 0. The van der Waals surface area contributed by atoms with Crippen LogP contribution >= 0.6 is 12.4 Å². The summed E-state index contributed by atoms with van der Waals surface area (Å²) in [7, 11) is 0. The van der Waals surface area contributed by atoms with E-state index in [0.717, 1.165) is 0 Å². The van der Waals surface area contributed by atoms with Crippen molar-refractivity contribution >= 4 is 12.4 Å². The maximum absolute atomic E-state index is 0. The summed E-state index contributed by atoms with van der Waals surface area (Å²) < 4.78 is 0. The molecule has 24 valence electrons. The molecule has 0 unspecified atom stereocenters. The van der Waals surface area contributed by atoms with Gasteiger partial charge in [0.25, 0.3) is 0 Å². The van der Waals surface area contributed by atoms with Crippen LogP contribution in [0.1, 0.15) is 0 Å². The molecule has 0 saturated carbocycles. The Kier molecular flexibility index (Phi) is 289. The Morgan fingerprint density at radius 1 is 1.00 bits per heavy atom. The van der Waals surface area contributed by atoms with Crippen LogP contribution in [0, 0.1) is 0 Å². The SMILES string of the molecule is Cl.N.[Cl-].[Na+]. The van der Waals surface area contributed by atoms with E-state index in [1.165, 1.54) is 0 Å². The molecule has 4 heteroatoms. The van der Waals surface area contributed by atoms with E-state index in [-0.39, 0.29) is 60.5 Å². The van der Waals surface area contributed by atoms with Gasteiger partial charge in [0.15, 0.2) is 0 Å². The Balaban J connectivity index is 0. The van der Waals surface area contributed by atoms with Crippen molar-refractivity contribution in [1.29, 1.82) is 0 Å². The zero-order chi connectivity index (χ0) is 0. The Hall–Kier alpha value is 1.54. The molecule has 0 radical (unpaired) electrons. The predicted octanol–water partition coefficient (Wildman–Crippen LogP) is -5.41. The van der Waals surface area contributed by atoms with E-state index in [1.807, 2.05) is 0 Å². The van der Waals surface area contributed by atoms with Gasteiger partial charge in [-0.15, -0.1) is 12.4 Å². The minimum Gasteiger partial charge on any atom is -1.00 e. The first kappa shape index (κ1) is 48.1. The van der Waals surface area contributed by atoms with Crippen molar-refractivity contribution in [3.05, 3.63) is 0 Å². The van der Waals surface area contributed by atoms with Crippen molar-refractivity contribution < 1.29 is 42.0 Å². The quantitative estimate of drug-likeness (QED) is 0.312. The molecule has 0 aromatic rings. The maximum atomic E-state index is 0. The smallest absolute Gasteiger partial charge is 1.00 e. The largest absolute Gasteiger partial charge is 1.00 e. The molecule has 0 aliphatic heterocycles. The molecular formula is H4Cl2NNa. The summed E-state index contributed by atoms with van der Waals surface area (Å²) in [6, 6.07) is 0. The Morgan fingerprint density at radius 2 is 1.00 bits per heavy atom. The van der Waals surface area contributed by atoms with Crippen molar-refractivity contribution in [3.8, 4) is 0 Å². The molecule has 0 bridgehead atoms. The summed E-state index contributed by atoms with van der Waals surface area (Å²) in [4.78, 5) is 0. The van der Waals surface area contributed by atoms with Crippen molar-refractivity contribution in [2.75, 3.05) is 0 Å². The van der Waals surface area contributed by atoms with Crippen molar-refractivity contribution in [2.45, 2.75) is 0 Å². The maximum Gasteiger partial charge on any atom is 1.00 e. The molecule has 0 aromatic carbocycles. The molecule has 0 aliphatic rings. The van der Waals surface area contributed by atoms with Crippen molar-refractivity contribution in [3.63, 3.8) is 0 Å². The topological polar surface area (TPSA) is 35.0 Å². The second-order valence-electron chi connectivity index (χ2n) is 0. The minimum absolute atomic E-state index is 0. The van der Waals surface area contributed by atoms with E-state index in [1.54, 1.807) is 0 Å². The number of hydrogen-bond acceptors (Lipinski definition) is 1. The third-order valence-corrected chi connectivity index (χ3v) is 0.